The molecule has 0 fully saturated rings. The fourth-order valence-corrected chi connectivity index (χ4v) is 3.49. The quantitative estimate of drug-likeness (QED) is 0.317. The van der Waals surface area contributed by atoms with Gasteiger partial charge in [-0.25, -0.2) is 19.3 Å². The summed E-state index contributed by atoms with van der Waals surface area (Å²) in [6, 6.07) is 9.05. The monoisotopic (exact) mass is 486 g/mol. The number of urea groups is 1. The highest BCUT2D eigenvalue weighted by Gasteiger charge is 2.32. The molecule has 0 aliphatic rings. The van der Waals surface area contributed by atoms with E-state index in [4.69, 9.17) is 5.73 Å². The van der Waals surface area contributed by atoms with Crippen molar-refractivity contribution >= 4 is 28.9 Å². The van der Waals surface area contributed by atoms with Crippen LogP contribution in [0.2, 0.25) is 0 Å². The number of benzene rings is 1. The minimum atomic E-state index is -4.62. The lowest BCUT2D eigenvalue weighted by Gasteiger charge is -2.19. The topological polar surface area (TPSA) is 134 Å². The van der Waals surface area contributed by atoms with Gasteiger partial charge in [-0.1, -0.05) is 18.2 Å². The molecule has 0 radical (unpaired) electrons. The van der Waals surface area contributed by atoms with Gasteiger partial charge >= 0.3 is 12.2 Å². The predicted molar refractivity (Wildman–Crippen MR) is 123 cm³/mol. The van der Waals surface area contributed by atoms with Crippen molar-refractivity contribution < 1.29 is 23.1 Å². The molecule has 2 amide bonds. The third kappa shape index (κ3) is 5.00. The number of nitrogens with zero attached hydrogens (tertiary/aromatic N) is 5. The van der Waals surface area contributed by atoms with Crippen molar-refractivity contribution in [2.45, 2.75) is 12.4 Å². The number of pyridine rings is 1. The zero-order chi connectivity index (χ0) is 25.3. The first-order chi connectivity index (χ1) is 16.5. The molecule has 13 heteroatoms. The summed E-state index contributed by atoms with van der Waals surface area (Å²) in [5.41, 5.74) is 7.70. The highest BCUT2D eigenvalue weighted by Crippen LogP contribution is 2.36. The van der Waals surface area contributed by atoms with Crippen molar-refractivity contribution in [1.29, 1.82) is 0 Å². The third-order valence-electron chi connectivity index (χ3n) is 5.11. The van der Waals surface area contributed by atoms with E-state index in [1.807, 2.05) is 0 Å². The molecule has 0 saturated heterocycles. The fraction of sp³-hybridized carbons (Fsp3) is 0.182. The minimum absolute atomic E-state index is 0.224. The lowest BCUT2D eigenvalue weighted by molar-refractivity contribution is -0.141. The molecule has 10 nitrogen and oxygen atoms in total. The van der Waals surface area contributed by atoms with Gasteiger partial charge in [-0.2, -0.15) is 18.3 Å². The summed E-state index contributed by atoms with van der Waals surface area (Å²) in [6.07, 6.45) is -2.60. The van der Waals surface area contributed by atoms with Crippen LogP contribution in [0.25, 0.3) is 16.6 Å². The van der Waals surface area contributed by atoms with Crippen molar-refractivity contribution in [2.75, 3.05) is 30.5 Å². The Bertz CT molecular complexity index is 1370. The van der Waals surface area contributed by atoms with Crippen LogP contribution in [0.5, 0.6) is 0 Å². The van der Waals surface area contributed by atoms with E-state index < -0.39 is 24.1 Å². The Morgan fingerprint density at radius 2 is 1.86 bits per heavy atom. The molecule has 1 atom stereocenters. The molecule has 0 aliphatic heterocycles. The fourth-order valence-electron chi connectivity index (χ4n) is 3.49. The average molecular weight is 486 g/mol. The molecule has 3 heterocycles. The summed E-state index contributed by atoms with van der Waals surface area (Å²) in [4.78, 5) is 21.3. The number of hydrogen-bond acceptors (Lipinski definition) is 7. The number of amides is 2. The highest BCUT2D eigenvalue weighted by molar-refractivity contribution is 5.99. The van der Waals surface area contributed by atoms with Gasteiger partial charge in [-0.05, 0) is 43.9 Å². The largest absolute Gasteiger partial charge is 0.433 e. The summed E-state index contributed by atoms with van der Waals surface area (Å²) in [5, 5.41) is 19.7. The predicted octanol–water partition coefficient (Wildman–Crippen LogP) is 3.59. The van der Waals surface area contributed by atoms with E-state index in [2.05, 4.69) is 25.7 Å². The summed E-state index contributed by atoms with van der Waals surface area (Å²) in [5.74, 6) is -0.0191. The first-order valence-corrected chi connectivity index (χ1v) is 10.2. The second-order valence-electron chi connectivity index (χ2n) is 7.80. The Labute approximate surface area is 197 Å². The van der Waals surface area contributed by atoms with E-state index >= 15 is 0 Å². The van der Waals surface area contributed by atoms with Gasteiger partial charge in [0.25, 0.3) is 0 Å². The van der Waals surface area contributed by atoms with Crippen LogP contribution >= 0.6 is 0 Å². The number of fused-ring (bicyclic) bond motifs is 1. The number of anilines is 3. The number of aromatic nitrogens is 4. The van der Waals surface area contributed by atoms with Crippen molar-refractivity contribution in [3.8, 4) is 11.1 Å². The summed E-state index contributed by atoms with van der Waals surface area (Å²) < 4.78 is 40.0. The smallest absolute Gasteiger partial charge is 0.382 e. The van der Waals surface area contributed by atoms with Crippen LogP contribution in [0.4, 0.5) is 35.3 Å². The lowest BCUT2D eigenvalue weighted by Crippen LogP contribution is -2.21. The average Bonchev–Trinajstić information content (AvgIpc) is 3.19. The van der Waals surface area contributed by atoms with Crippen LogP contribution in [0, 0.1) is 0 Å². The van der Waals surface area contributed by atoms with Gasteiger partial charge in [-0.15, -0.1) is 0 Å². The summed E-state index contributed by atoms with van der Waals surface area (Å²) in [7, 11) is 3.44. The van der Waals surface area contributed by atoms with E-state index in [1.54, 1.807) is 49.5 Å². The van der Waals surface area contributed by atoms with Gasteiger partial charge in [0, 0.05) is 23.0 Å². The number of carbonyl (C=O) groups excluding carboxylic acids is 1. The lowest BCUT2D eigenvalue weighted by atomic mass is 10.0. The molecule has 0 aliphatic carbocycles. The van der Waals surface area contributed by atoms with E-state index in [1.165, 1.54) is 16.9 Å². The molecule has 1 unspecified atom stereocenters. The number of carbonyl (C=O) groups is 1. The van der Waals surface area contributed by atoms with E-state index in [0.717, 1.165) is 12.1 Å². The normalized spacial score (nSPS) is 12.7. The van der Waals surface area contributed by atoms with Crippen molar-refractivity contribution in [3.63, 3.8) is 0 Å². The molecule has 182 valence electrons. The van der Waals surface area contributed by atoms with Crippen LogP contribution < -0.4 is 16.4 Å². The Balaban J connectivity index is 1.58. The molecule has 35 heavy (non-hydrogen) atoms. The third-order valence-corrected chi connectivity index (χ3v) is 5.11. The van der Waals surface area contributed by atoms with Crippen LogP contribution in [-0.2, 0) is 6.18 Å². The Morgan fingerprint density at radius 1 is 1.14 bits per heavy atom. The Morgan fingerprint density at radius 3 is 2.51 bits per heavy atom. The number of nitrogens with one attached hydrogen (secondary N) is 2. The number of aliphatic hydroxyl groups is 1. The van der Waals surface area contributed by atoms with Crippen LogP contribution in [0.3, 0.4) is 0 Å². The number of nitrogen functional groups attached to an aromatic ring is 1. The highest BCUT2D eigenvalue weighted by atomic mass is 19.4. The van der Waals surface area contributed by atoms with Crippen molar-refractivity contribution in [3.05, 3.63) is 66.2 Å². The van der Waals surface area contributed by atoms with Crippen LogP contribution in [0.15, 0.2) is 55.0 Å². The second kappa shape index (κ2) is 9.19. The summed E-state index contributed by atoms with van der Waals surface area (Å²) in [6.45, 7) is 0. The second-order valence-corrected chi connectivity index (χ2v) is 7.80. The maximum Gasteiger partial charge on any atom is 0.433 e. The SMILES string of the molecule is CN(C)C(O)c1cn2ncnc(N)c2c1-c1ccc(NC(=O)Nc2cccc(C(F)(F)F)n2)cc1. The van der Waals surface area contributed by atoms with E-state index in [9.17, 15) is 23.1 Å². The number of aliphatic hydroxyl groups excluding tert-OH is 1. The standard InChI is InChI=1S/C22H21F3N8O2/c1-32(2)20(34)14-10-33-18(19(26)27-11-28-33)17(14)12-6-8-13(9-7-12)29-21(35)31-16-5-3-4-15(30-16)22(23,24)25/h3-11,20,34H,1-2H3,(H2,26,27,28)(H2,29,30,31,35). The maximum absolute atomic E-state index is 12.8. The number of alkyl halides is 3. The first-order valence-electron chi connectivity index (χ1n) is 10.2. The number of halogens is 3. The molecular weight excluding hydrogens is 465 g/mol. The summed E-state index contributed by atoms with van der Waals surface area (Å²) >= 11 is 0. The van der Waals surface area contributed by atoms with E-state index in [0.29, 0.717) is 27.9 Å². The number of nitrogens with two attached hydrogens (primary N) is 1. The van der Waals surface area contributed by atoms with Gasteiger partial charge in [0.05, 0.1) is 0 Å². The molecule has 4 rings (SSSR count). The molecule has 0 saturated carbocycles. The number of rotatable bonds is 5. The zero-order valence-electron chi connectivity index (χ0n) is 18.6. The van der Waals surface area contributed by atoms with Gasteiger partial charge < -0.3 is 16.2 Å². The number of hydrogen-bond donors (Lipinski definition) is 4. The molecule has 3 aromatic heterocycles. The van der Waals surface area contributed by atoms with Gasteiger partial charge in [0.2, 0.25) is 0 Å². The van der Waals surface area contributed by atoms with Crippen molar-refractivity contribution in [1.82, 2.24) is 24.5 Å². The minimum Gasteiger partial charge on any atom is -0.382 e. The van der Waals surface area contributed by atoms with Gasteiger partial charge in [0.1, 0.15) is 29.6 Å². The maximum atomic E-state index is 12.8. The van der Waals surface area contributed by atoms with Gasteiger partial charge in [-0.3, -0.25) is 10.2 Å². The Hall–Kier alpha value is -4.23. The van der Waals surface area contributed by atoms with E-state index in [-0.39, 0.29) is 11.6 Å². The molecule has 1 aromatic carbocycles. The van der Waals surface area contributed by atoms with Crippen LogP contribution in [0.1, 0.15) is 17.5 Å². The first kappa shape index (κ1) is 23.9. The Kier molecular flexibility index (Phi) is 6.28. The molecule has 0 spiro atoms. The zero-order valence-corrected chi connectivity index (χ0v) is 18.6. The molecule has 5 N–H and O–H groups in total. The molecular formula is C22H21F3N8O2. The van der Waals surface area contributed by atoms with Crippen LogP contribution in [-0.4, -0.2) is 49.7 Å². The van der Waals surface area contributed by atoms with Gasteiger partial charge in [0.15, 0.2) is 5.82 Å². The molecule has 0 bridgehead atoms. The van der Waals surface area contributed by atoms with Crippen molar-refractivity contribution in [2.24, 2.45) is 0 Å². The molecule has 4 aromatic rings.